The molecule has 0 bridgehead atoms. The number of hydrogen-bond donors (Lipinski definition) is 1. The molecule has 3 aromatic carbocycles. The van der Waals surface area contributed by atoms with Crippen molar-refractivity contribution >= 4 is 23.7 Å². The Balaban J connectivity index is 1.52. The quantitative estimate of drug-likeness (QED) is 0.386. The van der Waals surface area contributed by atoms with E-state index in [4.69, 9.17) is 21.1 Å². The number of benzene rings is 3. The summed E-state index contributed by atoms with van der Waals surface area (Å²) < 4.78 is 24.3. The first kappa shape index (κ1) is 22.3. The number of hydrogen-bond acceptors (Lipinski definition) is 4. The van der Waals surface area contributed by atoms with Crippen molar-refractivity contribution in [2.24, 2.45) is 5.10 Å². The summed E-state index contributed by atoms with van der Waals surface area (Å²) in [6.07, 6.45) is 1.56. The van der Waals surface area contributed by atoms with E-state index in [1.54, 1.807) is 42.6 Å². The minimum absolute atomic E-state index is 0.160. The topological polar surface area (TPSA) is 59.9 Å². The van der Waals surface area contributed by atoms with Gasteiger partial charge in [-0.1, -0.05) is 23.7 Å². The first-order chi connectivity index (χ1) is 14.9. The number of nitrogens with one attached hydrogen (secondary N) is 1. The van der Waals surface area contributed by atoms with Gasteiger partial charge in [-0.2, -0.15) is 5.10 Å². The van der Waals surface area contributed by atoms with Gasteiger partial charge in [0.25, 0.3) is 5.91 Å². The van der Waals surface area contributed by atoms with E-state index in [2.05, 4.69) is 10.5 Å². The summed E-state index contributed by atoms with van der Waals surface area (Å²) >= 11 is 5.81. The zero-order chi connectivity index (χ0) is 22.2. The second-order valence-electron chi connectivity index (χ2n) is 6.93. The van der Waals surface area contributed by atoms with Crippen LogP contribution in [-0.4, -0.2) is 18.7 Å². The molecule has 3 aromatic rings. The van der Waals surface area contributed by atoms with E-state index in [-0.39, 0.29) is 18.3 Å². The number of ether oxygens (including phenoxy) is 2. The van der Waals surface area contributed by atoms with Crippen molar-refractivity contribution in [2.45, 2.75) is 20.5 Å². The van der Waals surface area contributed by atoms with E-state index in [0.717, 1.165) is 28.0 Å². The lowest BCUT2D eigenvalue weighted by Crippen LogP contribution is -2.24. The maximum atomic E-state index is 13.0. The van der Waals surface area contributed by atoms with Crippen molar-refractivity contribution in [3.05, 3.63) is 93.8 Å². The fraction of sp³-hybridized carbons (Fsp3) is 0.167. The Labute approximate surface area is 185 Å². The van der Waals surface area contributed by atoms with Gasteiger partial charge in [-0.15, -0.1) is 0 Å². The maximum Gasteiger partial charge on any atom is 0.277 e. The molecule has 1 N–H and O–H groups in total. The molecule has 1 amide bonds. The van der Waals surface area contributed by atoms with Gasteiger partial charge in [0, 0.05) is 5.02 Å². The number of nitrogens with zero attached hydrogens (tertiary/aromatic N) is 1. The van der Waals surface area contributed by atoms with E-state index in [9.17, 15) is 9.18 Å². The molecule has 0 saturated heterocycles. The Bertz CT molecular complexity index is 1040. The Kier molecular flexibility index (Phi) is 7.62. The minimum Gasteiger partial charge on any atom is -0.488 e. The molecule has 0 fully saturated rings. The molecule has 5 nitrogen and oxygen atoms in total. The highest BCUT2D eigenvalue weighted by molar-refractivity contribution is 6.30. The van der Waals surface area contributed by atoms with Crippen molar-refractivity contribution in [1.29, 1.82) is 0 Å². The van der Waals surface area contributed by atoms with Crippen LogP contribution in [0.3, 0.4) is 0 Å². The molecule has 0 aliphatic rings. The van der Waals surface area contributed by atoms with Gasteiger partial charge in [0.1, 0.15) is 23.9 Å². The third-order valence-electron chi connectivity index (χ3n) is 4.37. The molecule has 31 heavy (non-hydrogen) atoms. The van der Waals surface area contributed by atoms with Gasteiger partial charge in [-0.25, -0.2) is 9.82 Å². The predicted octanol–water partition coefficient (Wildman–Crippen LogP) is 5.20. The fourth-order valence-electron chi connectivity index (χ4n) is 2.91. The second-order valence-corrected chi connectivity index (χ2v) is 7.37. The first-order valence-corrected chi connectivity index (χ1v) is 9.97. The van der Waals surface area contributed by atoms with Gasteiger partial charge in [0.15, 0.2) is 6.61 Å². The van der Waals surface area contributed by atoms with Crippen LogP contribution in [0, 0.1) is 19.7 Å². The summed E-state index contributed by atoms with van der Waals surface area (Å²) in [5.41, 5.74) is 6.00. The van der Waals surface area contributed by atoms with Crippen molar-refractivity contribution in [3.8, 4) is 11.5 Å². The monoisotopic (exact) mass is 440 g/mol. The summed E-state index contributed by atoms with van der Waals surface area (Å²) in [5.74, 6) is 0.662. The Morgan fingerprint density at radius 2 is 1.68 bits per heavy atom. The normalized spacial score (nSPS) is 10.8. The lowest BCUT2D eigenvalue weighted by atomic mass is 10.1. The number of rotatable bonds is 8. The van der Waals surface area contributed by atoms with Gasteiger partial charge in [0.2, 0.25) is 0 Å². The van der Waals surface area contributed by atoms with Crippen molar-refractivity contribution < 1.29 is 18.7 Å². The number of halogens is 2. The van der Waals surface area contributed by atoms with Crippen LogP contribution in [0.2, 0.25) is 5.02 Å². The molecule has 0 heterocycles. The number of aryl methyl sites for hydroxylation is 2. The van der Waals surface area contributed by atoms with Crippen LogP contribution in [0.5, 0.6) is 11.5 Å². The SMILES string of the molecule is Cc1cc(/C=N\NC(=O)COc2ccc(Cl)cc2)cc(C)c1OCc1ccc(F)cc1. The number of carbonyl (C=O) groups is 1. The van der Waals surface area contributed by atoms with Gasteiger partial charge >= 0.3 is 0 Å². The van der Waals surface area contributed by atoms with E-state index in [1.807, 2.05) is 26.0 Å². The van der Waals surface area contributed by atoms with Crippen LogP contribution < -0.4 is 14.9 Å². The number of amides is 1. The Morgan fingerprint density at radius 3 is 2.32 bits per heavy atom. The van der Waals surface area contributed by atoms with E-state index < -0.39 is 0 Å². The molecule has 0 saturated carbocycles. The molecule has 0 radical (unpaired) electrons. The standard InChI is InChI=1S/C24H22ClFN2O3/c1-16-11-19(12-17(2)24(16)31-14-18-3-7-21(26)8-4-18)13-27-28-23(29)15-30-22-9-5-20(25)6-10-22/h3-13H,14-15H2,1-2H3,(H,28,29)/b27-13-. The molecule has 0 unspecified atom stereocenters. The lowest BCUT2D eigenvalue weighted by molar-refractivity contribution is -0.123. The van der Waals surface area contributed by atoms with E-state index in [0.29, 0.717) is 17.4 Å². The molecule has 0 aliphatic carbocycles. The second kappa shape index (κ2) is 10.6. The molecule has 7 heteroatoms. The molecular weight excluding hydrogens is 419 g/mol. The van der Waals surface area contributed by atoms with Crippen molar-refractivity contribution in [3.63, 3.8) is 0 Å². The molecule has 0 aromatic heterocycles. The predicted molar refractivity (Wildman–Crippen MR) is 119 cm³/mol. The summed E-state index contributed by atoms with van der Waals surface area (Å²) in [6.45, 7) is 4.05. The zero-order valence-electron chi connectivity index (χ0n) is 17.2. The smallest absolute Gasteiger partial charge is 0.277 e. The van der Waals surface area contributed by atoms with Crippen molar-refractivity contribution in [1.82, 2.24) is 5.43 Å². The third-order valence-corrected chi connectivity index (χ3v) is 4.62. The molecule has 0 aliphatic heterocycles. The highest BCUT2D eigenvalue weighted by atomic mass is 35.5. The van der Waals surface area contributed by atoms with E-state index in [1.165, 1.54) is 12.1 Å². The summed E-state index contributed by atoms with van der Waals surface area (Å²) in [7, 11) is 0. The van der Waals surface area contributed by atoms with Crippen LogP contribution in [0.15, 0.2) is 65.8 Å². The molecule has 160 valence electrons. The van der Waals surface area contributed by atoms with Gasteiger partial charge < -0.3 is 9.47 Å². The number of carbonyl (C=O) groups excluding carboxylic acids is 1. The van der Waals surface area contributed by atoms with Crippen LogP contribution in [-0.2, 0) is 11.4 Å². The Hall–Kier alpha value is -3.38. The van der Waals surface area contributed by atoms with Gasteiger partial charge in [0.05, 0.1) is 6.21 Å². The summed E-state index contributed by atoms with van der Waals surface area (Å²) in [5, 5.41) is 4.58. The molecule has 3 rings (SSSR count). The highest BCUT2D eigenvalue weighted by Gasteiger charge is 2.07. The first-order valence-electron chi connectivity index (χ1n) is 9.59. The fourth-order valence-corrected chi connectivity index (χ4v) is 3.04. The summed E-state index contributed by atoms with van der Waals surface area (Å²) in [6, 6.07) is 16.8. The van der Waals surface area contributed by atoms with Crippen molar-refractivity contribution in [2.75, 3.05) is 6.61 Å². The average Bonchev–Trinajstić information content (AvgIpc) is 2.74. The molecule has 0 atom stereocenters. The maximum absolute atomic E-state index is 13.0. The highest BCUT2D eigenvalue weighted by Crippen LogP contribution is 2.25. The van der Waals surface area contributed by atoms with Crippen LogP contribution in [0.1, 0.15) is 22.3 Å². The zero-order valence-corrected chi connectivity index (χ0v) is 17.9. The number of hydrazone groups is 1. The minimum atomic E-state index is -0.376. The molecular formula is C24H22ClFN2O3. The van der Waals surface area contributed by atoms with Crippen LogP contribution >= 0.6 is 11.6 Å². The van der Waals surface area contributed by atoms with E-state index >= 15 is 0 Å². The summed E-state index contributed by atoms with van der Waals surface area (Å²) in [4.78, 5) is 11.9. The largest absolute Gasteiger partial charge is 0.488 e. The lowest BCUT2D eigenvalue weighted by Gasteiger charge is -2.13. The van der Waals surface area contributed by atoms with Crippen LogP contribution in [0.25, 0.3) is 0 Å². The third kappa shape index (κ3) is 6.83. The average molecular weight is 441 g/mol. The van der Waals surface area contributed by atoms with Gasteiger partial charge in [-0.05, 0) is 84.6 Å². The molecule has 0 spiro atoms. The van der Waals surface area contributed by atoms with Gasteiger partial charge in [-0.3, -0.25) is 4.79 Å². The van der Waals surface area contributed by atoms with Crippen LogP contribution in [0.4, 0.5) is 4.39 Å². The Morgan fingerprint density at radius 1 is 1.03 bits per heavy atom.